The summed E-state index contributed by atoms with van der Waals surface area (Å²) in [5.41, 5.74) is 3.08. The second kappa shape index (κ2) is 15.1. The molecule has 1 aromatic heterocycles. The van der Waals surface area contributed by atoms with E-state index in [1.54, 1.807) is 36.4 Å². The number of aliphatic hydroxyl groups excluding tert-OH is 1. The fraction of sp³-hybridized carbons (Fsp3) is 0.333. The lowest BCUT2D eigenvalue weighted by molar-refractivity contribution is -0.132. The molecule has 0 unspecified atom stereocenters. The zero-order valence-electron chi connectivity index (χ0n) is 27.1. The maximum Gasteiger partial charge on any atom is 0.301 e. The number of hydrogen-bond donors (Lipinski definition) is 1. The molecule has 1 saturated heterocycles. The highest BCUT2D eigenvalue weighted by atomic mass is 32.2. The van der Waals surface area contributed by atoms with Crippen LogP contribution in [-0.2, 0) is 15.3 Å². The highest BCUT2D eigenvalue weighted by Crippen LogP contribution is 2.46. The third-order valence-electron chi connectivity index (χ3n) is 7.93. The Morgan fingerprint density at radius 2 is 1.75 bits per heavy atom. The first-order valence-electron chi connectivity index (χ1n) is 16.0. The number of ether oxygens (including phenoxy) is 4. The van der Waals surface area contributed by atoms with Crippen molar-refractivity contribution in [3.05, 3.63) is 88.5 Å². The van der Waals surface area contributed by atoms with Gasteiger partial charge in [-0.3, -0.25) is 14.5 Å². The Kier molecular flexibility index (Phi) is 10.5. The zero-order valence-corrected chi connectivity index (χ0v) is 28.7. The minimum absolute atomic E-state index is 0.0835. The first kappa shape index (κ1) is 33.4. The summed E-state index contributed by atoms with van der Waals surface area (Å²) < 4.78 is 24.0. The van der Waals surface area contributed by atoms with Crippen LogP contribution < -0.4 is 23.8 Å². The molecule has 0 aliphatic carbocycles. The van der Waals surface area contributed by atoms with Crippen molar-refractivity contribution in [1.82, 2.24) is 10.2 Å². The lowest BCUT2D eigenvalue weighted by atomic mass is 9.95. The van der Waals surface area contributed by atoms with Gasteiger partial charge in [0.25, 0.3) is 5.78 Å². The molecule has 4 aromatic rings. The van der Waals surface area contributed by atoms with Gasteiger partial charge in [-0.05, 0) is 61.7 Å². The Morgan fingerprint density at radius 3 is 2.52 bits per heavy atom. The van der Waals surface area contributed by atoms with Crippen LogP contribution in [0.15, 0.2) is 70.6 Å². The van der Waals surface area contributed by atoms with Gasteiger partial charge in [0.2, 0.25) is 5.13 Å². The molecule has 0 saturated carbocycles. The average Bonchev–Trinajstić information content (AvgIpc) is 3.68. The SMILES string of the molecule is CCCCCOc1ccc([C@H]2/C(=C(\O)c3ccc4c(c3)OCCO4)C(=O)C(=O)N2c2nnc(SCc3ccc(C)cc3)s2)cc1OCC. The van der Waals surface area contributed by atoms with Crippen molar-refractivity contribution in [1.29, 1.82) is 0 Å². The van der Waals surface area contributed by atoms with Crippen LogP contribution in [0.1, 0.15) is 61.4 Å². The van der Waals surface area contributed by atoms with E-state index in [0.717, 1.165) is 24.8 Å². The Balaban J connectivity index is 1.40. The Bertz CT molecular complexity index is 1820. The molecule has 1 atom stereocenters. The van der Waals surface area contributed by atoms with Crippen molar-refractivity contribution < 1.29 is 33.6 Å². The van der Waals surface area contributed by atoms with Gasteiger partial charge in [0.1, 0.15) is 19.0 Å². The number of Topliss-reactive ketones (excluding diaryl/α,β-unsaturated/α-hetero) is 1. The number of thioether (sulfide) groups is 1. The van der Waals surface area contributed by atoms with Crippen molar-refractivity contribution in [2.45, 2.75) is 56.2 Å². The van der Waals surface area contributed by atoms with Gasteiger partial charge in [-0.15, -0.1) is 10.2 Å². The molecular formula is C36H37N3O7S2. The van der Waals surface area contributed by atoms with Crippen LogP contribution in [0.4, 0.5) is 5.13 Å². The standard InChI is InChI=1S/C36H37N3O7S2/c1-4-6-7-16-44-26-14-12-24(19-28(26)43-5-2)31-30(32(40)25-13-15-27-29(20-25)46-18-17-45-27)33(41)34(42)39(31)35-37-38-36(48-35)47-21-23-10-8-22(3)9-11-23/h8-15,19-20,31,40H,4-7,16-18,21H2,1-3H3/b32-30+/t31-/m0/s1. The number of aromatic nitrogens is 2. The summed E-state index contributed by atoms with van der Waals surface area (Å²) >= 11 is 2.71. The molecule has 2 aliphatic heterocycles. The van der Waals surface area contributed by atoms with Gasteiger partial charge in [0, 0.05) is 11.3 Å². The number of carbonyl (C=O) groups excluding carboxylic acids is 2. The molecular weight excluding hydrogens is 651 g/mol. The van der Waals surface area contributed by atoms with Crippen molar-refractivity contribution in [2.24, 2.45) is 0 Å². The number of rotatable bonds is 13. The van der Waals surface area contributed by atoms with Crippen LogP contribution in [0.5, 0.6) is 23.0 Å². The number of carbonyl (C=O) groups is 2. The minimum atomic E-state index is -1.02. The average molecular weight is 688 g/mol. The summed E-state index contributed by atoms with van der Waals surface area (Å²) in [6, 6.07) is 17.5. The van der Waals surface area contributed by atoms with E-state index >= 15 is 0 Å². The molecule has 1 N–H and O–H groups in total. The third-order valence-corrected chi connectivity index (χ3v) is 10.1. The van der Waals surface area contributed by atoms with Gasteiger partial charge in [-0.2, -0.15) is 0 Å². The molecule has 3 heterocycles. The number of anilines is 1. The molecule has 3 aromatic carbocycles. The van der Waals surface area contributed by atoms with Crippen molar-refractivity contribution >= 4 is 45.7 Å². The molecule has 2 aliphatic rings. The van der Waals surface area contributed by atoms with Crippen LogP contribution in [0.3, 0.4) is 0 Å². The third kappa shape index (κ3) is 7.14. The predicted octanol–water partition coefficient (Wildman–Crippen LogP) is 7.50. The monoisotopic (exact) mass is 687 g/mol. The van der Waals surface area contributed by atoms with Crippen molar-refractivity contribution in [3.8, 4) is 23.0 Å². The smallest absolute Gasteiger partial charge is 0.301 e. The summed E-state index contributed by atoms with van der Waals surface area (Å²) in [5, 5.41) is 20.7. The van der Waals surface area contributed by atoms with Crippen molar-refractivity contribution in [3.63, 3.8) is 0 Å². The van der Waals surface area contributed by atoms with E-state index in [-0.39, 0.29) is 16.5 Å². The van der Waals surface area contributed by atoms with E-state index in [9.17, 15) is 14.7 Å². The number of ketones is 1. The summed E-state index contributed by atoms with van der Waals surface area (Å²) in [6.45, 7) is 7.73. The van der Waals surface area contributed by atoms with Gasteiger partial charge >= 0.3 is 5.91 Å². The summed E-state index contributed by atoms with van der Waals surface area (Å²) in [7, 11) is 0. The first-order chi connectivity index (χ1) is 23.4. The molecule has 12 heteroatoms. The molecule has 48 heavy (non-hydrogen) atoms. The van der Waals surface area contributed by atoms with Crippen LogP contribution in [-0.4, -0.2) is 53.4 Å². The van der Waals surface area contributed by atoms with E-state index in [1.807, 2.05) is 13.8 Å². The van der Waals surface area contributed by atoms with Crippen molar-refractivity contribution in [2.75, 3.05) is 31.3 Å². The Morgan fingerprint density at radius 1 is 0.958 bits per heavy atom. The minimum Gasteiger partial charge on any atom is -0.507 e. The number of aryl methyl sites for hydroxylation is 1. The number of fused-ring (bicyclic) bond motifs is 1. The van der Waals surface area contributed by atoms with Gasteiger partial charge in [0.15, 0.2) is 27.3 Å². The van der Waals surface area contributed by atoms with Gasteiger partial charge in [-0.1, -0.05) is 78.8 Å². The second-order valence-corrected chi connectivity index (χ2v) is 13.5. The topological polar surface area (TPSA) is 120 Å². The molecule has 10 nitrogen and oxygen atoms in total. The number of benzene rings is 3. The summed E-state index contributed by atoms with van der Waals surface area (Å²) in [6.07, 6.45) is 3.02. The largest absolute Gasteiger partial charge is 0.507 e. The number of nitrogens with zero attached hydrogens (tertiary/aromatic N) is 3. The number of hydrogen-bond acceptors (Lipinski definition) is 11. The van der Waals surface area contributed by atoms with Gasteiger partial charge < -0.3 is 24.1 Å². The van der Waals surface area contributed by atoms with Crippen LogP contribution in [0.25, 0.3) is 5.76 Å². The van der Waals surface area contributed by atoms with Crippen LogP contribution in [0.2, 0.25) is 0 Å². The molecule has 0 spiro atoms. The maximum atomic E-state index is 13.8. The molecule has 0 radical (unpaired) electrons. The normalized spacial score (nSPS) is 16.7. The first-order valence-corrected chi connectivity index (χ1v) is 17.8. The van der Waals surface area contributed by atoms with E-state index in [0.29, 0.717) is 70.6 Å². The summed E-state index contributed by atoms with van der Waals surface area (Å²) in [5.74, 6) is 0.688. The van der Waals surface area contributed by atoms with Gasteiger partial charge in [-0.25, -0.2) is 0 Å². The summed E-state index contributed by atoms with van der Waals surface area (Å²) in [4.78, 5) is 29.0. The van der Waals surface area contributed by atoms with Crippen LogP contribution >= 0.6 is 23.1 Å². The van der Waals surface area contributed by atoms with E-state index in [1.165, 1.54) is 33.6 Å². The highest BCUT2D eigenvalue weighted by molar-refractivity contribution is 8.00. The fourth-order valence-corrected chi connectivity index (χ4v) is 7.32. The Hall–Kier alpha value is -4.55. The quantitative estimate of drug-likeness (QED) is 0.0378. The number of unbranched alkanes of at least 4 members (excludes halogenated alkanes) is 2. The molecule has 0 bridgehead atoms. The predicted molar refractivity (Wildman–Crippen MR) is 185 cm³/mol. The lowest BCUT2D eigenvalue weighted by Crippen LogP contribution is -2.29. The molecule has 1 fully saturated rings. The molecule has 6 rings (SSSR count). The fourth-order valence-electron chi connectivity index (χ4n) is 5.50. The highest BCUT2D eigenvalue weighted by Gasteiger charge is 2.48. The van der Waals surface area contributed by atoms with E-state index in [2.05, 4.69) is 41.4 Å². The molecule has 250 valence electrons. The lowest BCUT2D eigenvalue weighted by Gasteiger charge is -2.24. The van der Waals surface area contributed by atoms with E-state index < -0.39 is 17.7 Å². The number of aliphatic hydroxyl groups is 1. The van der Waals surface area contributed by atoms with Crippen LogP contribution in [0, 0.1) is 6.92 Å². The van der Waals surface area contributed by atoms with E-state index in [4.69, 9.17) is 18.9 Å². The number of amides is 1. The zero-order chi connectivity index (χ0) is 33.6. The van der Waals surface area contributed by atoms with Gasteiger partial charge in [0.05, 0.1) is 24.8 Å². The Labute approximate surface area is 287 Å². The molecule has 1 amide bonds. The second-order valence-electron chi connectivity index (χ2n) is 11.3. The maximum absolute atomic E-state index is 13.8.